The Labute approximate surface area is 99.2 Å². The van der Waals surface area contributed by atoms with E-state index in [-0.39, 0.29) is 5.82 Å². The van der Waals surface area contributed by atoms with E-state index in [1.165, 1.54) is 18.9 Å². The van der Waals surface area contributed by atoms with Gasteiger partial charge in [-0.15, -0.1) is 0 Å². The molecule has 1 nitrogen and oxygen atoms in total. The van der Waals surface area contributed by atoms with Gasteiger partial charge in [0, 0.05) is 17.4 Å². The van der Waals surface area contributed by atoms with E-state index in [0.717, 1.165) is 23.9 Å². The first kappa shape index (κ1) is 12.7. The second-order valence-electron chi connectivity index (χ2n) is 3.52. The molecule has 1 aromatic rings. The summed E-state index contributed by atoms with van der Waals surface area (Å²) in [5.74, 6) is -0.120. The first-order valence-corrected chi connectivity index (χ1v) is 6.47. The van der Waals surface area contributed by atoms with E-state index in [4.69, 9.17) is 0 Å². The largest absolute Gasteiger partial charge is 0.313 e. The zero-order valence-corrected chi connectivity index (χ0v) is 10.4. The summed E-state index contributed by atoms with van der Waals surface area (Å²) >= 11 is 3.39. The molecular formula is C12H17BrFN. The fourth-order valence-electron chi connectivity index (χ4n) is 1.39. The molecule has 0 saturated heterocycles. The molecule has 0 fully saturated rings. The van der Waals surface area contributed by atoms with Gasteiger partial charge in [0.15, 0.2) is 0 Å². The van der Waals surface area contributed by atoms with Gasteiger partial charge >= 0.3 is 0 Å². The molecule has 0 spiro atoms. The molecule has 0 saturated carbocycles. The topological polar surface area (TPSA) is 12.0 Å². The van der Waals surface area contributed by atoms with Crippen molar-refractivity contribution in [1.29, 1.82) is 0 Å². The van der Waals surface area contributed by atoms with Crippen molar-refractivity contribution in [2.45, 2.75) is 25.8 Å². The van der Waals surface area contributed by atoms with Crippen molar-refractivity contribution in [2.75, 3.05) is 11.9 Å². The van der Waals surface area contributed by atoms with E-state index in [0.29, 0.717) is 6.54 Å². The van der Waals surface area contributed by atoms with Crippen LogP contribution in [0.5, 0.6) is 0 Å². The number of rotatable bonds is 7. The van der Waals surface area contributed by atoms with E-state index in [1.54, 1.807) is 6.07 Å². The normalized spacial score (nSPS) is 10.5. The van der Waals surface area contributed by atoms with Crippen LogP contribution in [0.15, 0.2) is 24.3 Å². The predicted octanol–water partition coefficient (Wildman–Crippen LogP) is 3.48. The number of alkyl halides is 1. The van der Waals surface area contributed by atoms with Crippen molar-refractivity contribution in [3.05, 3.63) is 35.6 Å². The van der Waals surface area contributed by atoms with Crippen molar-refractivity contribution in [2.24, 2.45) is 0 Å². The van der Waals surface area contributed by atoms with Crippen LogP contribution in [0.1, 0.15) is 24.8 Å². The summed E-state index contributed by atoms with van der Waals surface area (Å²) in [6.45, 7) is 1.59. The number of benzene rings is 1. The van der Waals surface area contributed by atoms with Crippen LogP contribution in [0, 0.1) is 5.82 Å². The fourth-order valence-corrected chi connectivity index (χ4v) is 1.78. The highest BCUT2D eigenvalue weighted by molar-refractivity contribution is 9.09. The van der Waals surface area contributed by atoms with Gasteiger partial charge in [0.2, 0.25) is 0 Å². The summed E-state index contributed by atoms with van der Waals surface area (Å²) in [7, 11) is 0. The molecule has 84 valence electrons. The van der Waals surface area contributed by atoms with E-state index in [9.17, 15) is 4.39 Å². The Kier molecular flexibility index (Phi) is 6.60. The van der Waals surface area contributed by atoms with E-state index >= 15 is 0 Å². The molecule has 0 amide bonds. The molecule has 0 radical (unpaired) electrons. The van der Waals surface area contributed by atoms with Gasteiger partial charge in [-0.3, -0.25) is 0 Å². The highest BCUT2D eigenvalue weighted by Crippen LogP contribution is 2.05. The van der Waals surface area contributed by atoms with Gasteiger partial charge in [-0.25, -0.2) is 4.39 Å². The smallest absolute Gasteiger partial charge is 0.127 e. The molecule has 0 bridgehead atoms. The van der Waals surface area contributed by atoms with Gasteiger partial charge in [-0.05, 0) is 25.5 Å². The van der Waals surface area contributed by atoms with E-state index < -0.39 is 0 Å². The molecular weight excluding hydrogens is 257 g/mol. The summed E-state index contributed by atoms with van der Waals surface area (Å²) in [5.41, 5.74) is 0.748. The Morgan fingerprint density at radius 1 is 1.13 bits per heavy atom. The van der Waals surface area contributed by atoms with Gasteiger partial charge in [-0.2, -0.15) is 0 Å². The molecule has 0 aliphatic carbocycles. The third kappa shape index (κ3) is 5.28. The summed E-state index contributed by atoms with van der Waals surface area (Å²) in [4.78, 5) is 0. The summed E-state index contributed by atoms with van der Waals surface area (Å²) < 4.78 is 13.2. The number of hydrogen-bond donors (Lipinski definition) is 1. The maximum absolute atomic E-state index is 13.2. The molecule has 0 aromatic heterocycles. The zero-order chi connectivity index (χ0) is 10.9. The van der Waals surface area contributed by atoms with Crippen LogP contribution in [0.2, 0.25) is 0 Å². The zero-order valence-electron chi connectivity index (χ0n) is 8.81. The molecule has 1 N–H and O–H groups in total. The minimum atomic E-state index is -0.120. The van der Waals surface area contributed by atoms with Crippen molar-refractivity contribution >= 4 is 15.9 Å². The first-order chi connectivity index (χ1) is 7.34. The van der Waals surface area contributed by atoms with Crippen LogP contribution in [-0.4, -0.2) is 11.9 Å². The number of halogens is 2. The molecule has 0 unspecified atom stereocenters. The molecule has 0 aliphatic heterocycles. The molecule has 0 atom stereocenters. The first-order valence-electron chi connectivity index (χ1n) is 5.34. The Bertz CT molecular complexity index is 278. The summed E-state index contributed by atoms with van der Waals surface area (Å²) in [6.07, 6.45) is 3.58. The predicted molar refractivity (Wildman–Crippen MR) is 65.8 cm³/mol. The molecule has 1 rings (SSSR count). The Morgan fingerprint density at radius 3 is 2.67 bits per heavy atom. The van der Waals surface area contributed by atoms with Crippen molar-refractivity contribution < 1.29 is 4.39 Å². The second-order valence-corrected chi connectivity index (χ2v) is 4.31. The lowest BCUT2D eigenvalue weighted by Gasteiger charge is -2.05. The van der Waals surface area contributed by atoms with E-state index in [1.807, 2.05) is 12.1 Å². The van der Waals surface area contributed by atoms with Crippen LogP contribution < -0.4 is 5.32 Å². The average molecular weight is 274 g/mol. The Morgan fingerprint density at radius 2 is 1.93 bits per heavy atom. The molecule has 1 aromatic carbocycles. The number of unbranched alkanes of at least 4 members (excludes halogenated alkanes) is 2. The van der Waals surface area contributed by atoms with Crippen molar-refractivity contribution in [3.63, 3.8) is 0 Å². The highest BCUT2D eigenvalue weighted by atomic mass is 79.9. The minimum absolute atomic E-state index is 0.120. The number of nitrogens with one attached hydrogen (secondary N) is 1. The van der Waals surface area contributed by atoms with Crippen molar-refractivity contribution in [1.82, 2.24) is 5.32 Å². The molecule has 3 heteroatoms. The van der Waals surface area contributed by atoms with Crippen LogP contribution in [0.4, 0.5) is 4.39 Å². The molecule has 0 aliphatic rings. The van der Waals surface area contributed by atoms with Crippen LogP contribution >= 0.6 is 15.9 Å². The average Bonchev–Trinajstić information content (AvgIpc) is 2.25. The third-order valence-corrected chi connectivity index (χ3v) is 2.82. The fraction of sp³-hybridized carbons (Fsp3) is 0.500. The molecule has 0 heterocycles. The maximum Gasteiger partial charge on any atom is 0.127 e. The summed E-state index contributed by atoms with van der Waals surface area (Å²) in [6, 6.07) is 6.91. The number of hydrogen-bond acceptors (Lipinski definition) is 1. The SMILES string of the molecule is Fc1ccccc1CNCCCCCBr. The third-order valence-electron chi connectivity index (χ3n) is 2.26. The quantitative estimate of drug-likeness (QED) is 0.593. The summed E-state index contributed by atoms with van der Waals surface area (Å²) in [5, 5.41) is 4.32. The second kappa shape index (κ2) is 7.83. The maximum atomic E-state index is 13.2. The van der Waals surface area contributed by atoms with E-state index in [2.05, 4.69) is 21.2 Å². The highest BCUT2D eigenvalue weighted by Gasteiger charge is 1.98. The Hall–Kier alpha value is -0.410. The lowest BCUT2D eigenvalue weighted by molar-refractivity contribution is 0.574. The van der Waals surface area contributed by atoms with Gasteiger partial charge < -0.3 is 5.32 Å². The van der Waals surface area contributed by atoms with Crippen LogP contribution in [-0.2, 0) is 6.54 Å². The van der Waals surface area contributed by atoms with Gasteiger partial charge in [0.25, 0.3) is 0 Å². The lowest BCUT2D eigenvalue weighted by Crippen LogP contribution is -2.15. The Balaban J connectivity index is 2.12. The minimum Gasteiger partial charge on any atom is -0.313 e. The van der Waals surface area contributed by atoms with Crippen molar-refractivity contribution in [3.8, 4) is 0 Å². The van der Waals surface area contributed by atoms with Crippen LogP contribution in [0.25, 0.3) is 0 Å². The van der Waals surface area contributed by atoms with Crippen LogP contribution in [0.3, 0.4) is 0 Å². The van der Waals surface area contributed by atoms with Gasteiger partial charge in [-0.1, -0.05) is 40.5 Å². The standard InChI is InChI=1S/C12H17BrFN/c13-8-4-1-5-9-15-10-11-6-2-3-7-12(11)14/h2-3,6-7,15H,1,4-5,8-10H2. The lowest BCUT2D eigenvalue weighted by atomic mass is 10.2. The van der Waals surface area contributed by atoms with Gasteiger partial charge in [0.1, 0.15) is 5.82 Å². The van der Waals surface area contributed by atoms with Gasteiger partial charge in [0.05, 0.1) is 0 Å². The monoisotopic (exact) mass is 273 g/mol. The molecule has 15 heavy (non-hydrogen) atoms.